The molecule has 0 bridgehead atoms. The molecular formula is C28H37N3O4. The largest absolute Gasteiger partial charge is 0.493 e. The highest BCUT2D eigenvalue weighted by Crippen LogP contribution is 2.35. The number of hydrogen-bond acceptors (Lipinski definition) is 6. The molecular weight excluding hydrogens is 442 g/mol. The Balaban J connectivity index is 1.48. The molecule has 1 saturated carbocycles. The predicted octanol–water partition coefficient (Wildman–Crippen LogP) is 3.98. The number of rotatable bonds is 11. The maximum atomic E-state index is 12.5. The van der Waals surface area contributed by atoms with Crippen molar-refractivity contribution < 1.29 is 19.1 Å². The van der Waals surface area contributed by atoms with Crippen LogP contribution in [0.25, 0.3) is 0 Å². The maximum Gasteiger partial charge on any atom is 0.257 e. The van der Waals surface area contributed by atoms with Crippen LogP contribution >= 0.6 is 0 Å². The lowest BCUT2D eigenvalue weighted by molar-refractivity contribution is -0.134. The first-order chi connectivity index (χ1) is 17.2. The Bertz CT molecular complexity index is 962. The van der Waals surface area contributed by atoms with Crippen molar-refractivity contribution in [3.63, 3.8) is 0 Å². The summed E-state index contributed by atoms with van der Waals surface area (Å²) in [5, 5.41) is 0. The summed E-state index contributed by atoms with van der Waals surface area (Å²) in [5.74, 6) is 1.45. The number of nitrogens with one attached hydrogen (secondary N) is 1. The van der Waals surface area contributed by atoms with Crippen molar-refractivity contribution in [1.82, 2.24) is 10.4 Å². The lowest BCUT2D eigenvalue weighted by Gasteiger charge is -2.42. The van der Waals surface area contributed by atoms with Crippen LogP contribution in [0.2, 0.25) is 0 Å². The maximum absolute atomic E-state index is 12.5. The molecule has 1 aliphatic carbocycles. The summed E-state index contributed by atoms with van der Waals surface area (Å²) in [6.45, 7) is 6.59. The average Bonchev–Trinajstić information content (AvgIpc) is 3.39. The van der Waals surface area contributed by atoms with Crippen LogP contribution in [0.1, 0.15) is 31.2 Å². The minimum absolute atomic E-state index is 0.143. The van der Waals surface area contributed by atoms with Crippen LogP contribution in [-0.4, -0.2) is 62.8 Å². The molecule has 35 heavy (non-hydrogen) atoms. The van der Waals surface area contributed by atoms with Gasteiger partial charge in [-0.2, -0.15) is 0 Å². The minimum Gasteiger partial charge on any atom is -0.493 e. The van der Waals surface area contributed by atoms with Gasteiger partial charge in [0.2, 0.25) is 0 Å². The standard InChI is InChI=1S/C28H37N3O4/c1-3-17-34-29-28(32)21-31-16-15-30(20-24(31)18-22-9-5-4-6-10-22)23-13-14-26(33-2)27(19-23)35-25-11-7-8-12-25/h3-6,9-10,13-14,19,24-25H,1,7-8,11-12,15-18,20-21H2,2H3,(H,29,32)/t24-/m0/s1. The van der Waals surface area contributed by atoms with E-state index in [9.17, 15) is 4.79 Å². The predicted molar refractivity (Wildman–Crippen MR) is 138 cm³/mol. The molecule has 7 nitrogen and oxygen atoms in total. The van der Waals surface area contributed by atoms with E-state index in [-0.39, 0.29) is 24.7 Å². The molecule has 7 heteroatoms. The third kappa shape index (κ3) is 6.99. The van der Waals surface area contributed by atoms with Gasteiger partial charge in [0, 0.05) is 37.4 Å². The van der Waals surface area contributed by atoms with E-state index in [0.29, 0.717) is 6.54 Å². The van der Waals surface area contributed by atoms with Gasteiger partial charge in [-0.05, 0) is 49.8 Å². The molecule has 1 atom stereocenters. The van der Waals surface area contributed by atoms with Crippen molar-refractivity contribution in [3.8, 4) is 11.5 Å². The number of hydroxylamine groups is 1. The lowest BCUT2D eigenvalue weighted by atomic mass is 10.0. The third-order valence-electron chi connectivity index (χ3n) is 6.76. The SMILES string of the molecule is C=CCONC(=O)CN1CCN(c2ccc(OC)c(OC3CCCC3)c2)C[C@@H]1Cc1ccccc1. The Morgan fingerprint density at radius 1 is 1.11 bits per heavy atom. The zero-order valence-corrected chi connectivity index (χ0v) is 20.7. The monoisotopic (exact) mass is 479 g/mol. The Morgan fingerprint density at radius 3 is 2.66 bits per heavy atom. The van der Waals surface area contributed by atoms with E-state index in [1.807, 2.05) is 12.1 Å². The first kappa shape index (κ1) is 25.1. The van der Waals surface area contributed by atoms with Gasteiger partial charge in [0.25, 0.3) is 5.91 Å². The van der Waals surface area contributed by atoms with Crippen molar-refractivity contribution >= 4 is 11.6 Å². The minimum atomic E-state index is -0.143. The van der Waals surface area contributed by atoms with Crippen molar-refractivity contribution in [2.75, 3.05) is 44.8 Å². The second-order valence-corrected chi connectivity index (χ2v) is 9.24. The van der Waals surface area contributed by atoms with Crippen molar-refractivity contribution in [2.45, 2.75) is 44.2 Å². The summed E-state index contributed by atoms with van der Waals surface area (Å²) in [7, 11) is 1.69. The number of benzene rings is 2. The first-order valence-electron chi connectivity index (χ1n) is 12.6. The Hall–Kier alpha value is -3.03. The van der Waals surface area contributed by atoms with Crippen LogP contribution in [0.4, 0.5) is 5.69 Å². The second kappa shape index (κ2) is 12.6. The fraction of sp³-hybridized carbons (Fsp3) is 0.464. The molecule has 4 rings (SSSR count). The highest BCUT2D eigenvalue weighted by atomic mass is 16.6. The van der Waals surface area contributed by atoms with Gasteiger partial charge in [-0.25, -0.2) is 5.48 Å². The Labute approximate surface area is 208 Å². The number of anilines is 1. The molecule has 0 spiro atoms. The Kier molecular flexibility index (Phi) is 9.03. The fourth-order valence-electron chi connectivity index (χ4n) is 4.95. The van der Waals surface area contributed by atoms with Gasteiger partial charge >= 0.3 is 0 Å². The number of carbonyl (C=O) groups excluding carboxylic acids is 1. The summed E-state index contributed by atoms with van der Waals surface area (Å²) >= 11 is 0. The van der Waals surface area contributed by atoms with Crippen molar-refractivity contribution in [2.24, 2.45) is 0 Å². The highest BCUT2D eigenvalue weighted by Gasteiger charge is 2.29. The Morgan fingerprint density at radius 2 is 1.91 bits per heavy atom. The number of carbonyl (C=O) groups is 1. The van der Waals surface area contributed by atoms with E-state index in [4.69, 9.17) is 14.3 Å². The van der Waals surface area contributed by atoms with E-state index in [1.165, 1.54) is 18.4 Å². The van der Waals surface area contributed by atoms with E-state index < -0.39 is 0 Å². The van der Waals surface area contributed by atoms with Gasteiger partial charge in [0.05, 0.1) is 26.4 Å². The summed E-state index contributed by atoms with van der Waals surface area (Å²) in [6.07, 6.45) is 7.39. The molecule has 0 radical (unpaired) electrons. The molecule has 2 aromatic carbocycles. The summed E-state index contributed by atoms with van der Waals surface area (Å²) in [5.41, 5.74) is 4.89. The summed E-state index contributed by atoms with van der Waals surface area (Å²) < 4.78 is 11.9. The van der Waals surface area contributed by atoms with E-state index in [1.54, 1.807) is 13.2 Å². The summed E-state index contributed by atoms with van der Waals surface area (Å²) in [4.78, 5) is 22.2. The molecule has 188 valence electrons. The summed E-state index contributed by atoms with van der Waals surface area (Å²) in [6, 6.07) is 16.8. The van der Waals surface area contributed by atoms with Gasteiger partial charge < -0.3 is 14.4 Å². The van der Waals surface area contributed by atoms with Gasteiger partial charge in [-0.15, -0.1) is 6.58 Å². The number of piperazine rings is 1. The molecule has 1 aliphatic heterocycles. The van der Waals surface area contributed by atoms with Gasteiger partial charge in [-0.1, -0.05) is 36.4 Å². The molecule has 2 aliphatic rings. The fourth-order valence-corrected chi connectivity index (χ4v) is 4.95. The van der Waals surface area contributed by atoms with Crippen LogP contribution < -0.4 is 19.9 Å². The molecule has 2 aromatic rings. The number of methoxy groups -OCH3 is 1. The molecule has 0 aromatic heterocycles. The van der Waals surface area contributed by atoms with Crippen LogP contribution in [0.3, 0.4) is 0 Å². The van der Waals surface area contributed by atoms with E-state index >= 15 is 0 Å². The van der Waals surface area contributed by atoms with Gasteiger partial charge in [0.1, 0.15) is 0 Å². The van der Waals surface area contributed by atoms with E-state index in [0.717, 1.165) is 56.1 Å². The second-order valence-electron chi connectivity index (χ2n) is 9.24. The highest BCUT2D eigenvalue weighted by molar-refractivity contribution is 5.77. The average molecular weight is 480 g/mol. The number of ether oxygens (including phenoxy) is 2. The number of amides is 1. The molecule has 0 unspecified atom stereocenters. The van der Waals surface area contributed by atoms with Crippen molar-refractivity contribution in [1.29, 1.82) is 0 Å². The van der Waals surface area contributed by atoms with Gasteiger partial charge in [0.15, 0.2) is 11.5 Å². The van der Waals surface area contributed by atoms with Crippen LogP contribution in [0.15, 0.2) is 61.2 Å². The van der Waals surface area contributed by atoms with Crippen LogP contribution in [-0.2, 0) is 16.1 Å². The topological polar surface area (TPSA) is 63.3 Å². The smallest absolute Gasteiger partial charge is 0.257 e. The van der Waals surface area contributed by atoms with Crippen LogP contribution in [0, 0.1) is 0 Å². The molecule has 1 amide bonds. The zero-order chi connectivity index (χ0) is 24.5. The van der Waals surface area contributed by atoms with E-state index in [2.05, 4.69) is 58.3 Å². The first-order valence-corrected chi connectivity index (χ1v) is 12.6. The normalized spacial score (nSPS) is 18.9. The molecule has 1 saturated heterocycles. The zero-order valence-electron chi connectivity index (χ0n) is 20.7. The lowest BCUT2D eigenvalue weighted by Crippen LogP contribution is -2.56. The quantitative estimate of drug-likeness (QED) is 0.299. The molecule has 2 fully saturated rings. The number of hydrogen-bond donors (Lipinski definition) is 1. The van der Waals surface area contributed by atoms with Crippen LogP contribution in [0.5, 0.6) is 11.5 Å². The van der Waals surface area contributed by atoms with Gasteiger partial charge in [-0.3, -0.25) is 14.5 Å². The molecule has 1 heterocycles. The third-order valence-corrected chi connectivity index (χ3v) is 6.76. The number of nitrogens with zero attached hydrogens (tertiary/aromatic N) is 2. The molecule has 1 N–H and O–H groups in total. The van der Waals surface area contributed by atoms with Crippen molar-refractivity contribution in [3.05, 3.63) is 66.7 Å².